The fraction of sp³-hybridized carbons (Fsp3) is 0.583. The minimum absolute atomic E-state index is 0.665. The monoisotopic (exact) mass is 224 g/mol. The Morgan fingerprint density at radius 2 is 2.25 bits per heavy atom. The minimum Gasteiger partial charge on any atom is -0.492 e. The number of pyridine rings is 1. The molecule has 4 heteroatoms. The van der Waals surface area contributed by atoms with Crippen molar-refractivity contribution in [3.05, 3.63) is 24.0 Å². The highest BCUT2D eigenvalue weighted by Crippen LogP contribution is 2.16. The maximum absolute atomic E-state index is 5.65. The molecule has 4 nitrogen and oxygen atoms in total. The molecule has 0 aromatic carbocycles. The van der Waals surface area contributed by atoms with Gasteiger partial charge in [0.2, 0.25) is 0 Å². The molecule has 1 N–H and O–H groups in total. The molecule has 0 aliphatic carbocycles. The number of nitrogens with one attached hydrogen (secondary N) is 1. The zero-order chi connectivity index (χ0) is 11.6. The van der Waals surface area contributed by atoms with Crippen molar-refractivity contribution in [2.24, 2.45) is 0 Å². The summed E-state index contributed by atoms with van der Waals surface area (Å²) < 4.78 is 10.6. The van der Waals surface area contributed by atoms with Gasteiger partial charge in [0.15, 0.2) is 0 Å². The number of nitrogens with zero attached hydrogens (tertiary/aromatic N) is 1. The number of rotatable bonds is 8. The van der Waals surface area contributed by atoms with Gasteiger partial charge in [0.05, 0.1) is 12.8 Å². The molecule has 0 saturated carbocycles. The zero-order valence-corrected chi connectivity index (χ0v) is 10.0. The molecule has 0 unspecified atom stereocenters. The van der Waals surface area contributed by atoms with Gasteiger partial charge >= 0.3 is 0 Å². The van der Waals surface area contributed by atoms with Gasteiger partial charge in [-0.1, -0.05) is 6.92 Å². The van der Waals surface area contributed by atoms with Crippen LogP contribution in [-0.2, 0) is 11.3 Å². The van der Waals surface area contributed by atoms with Gasteiger partial charge in [0.25, 0.3) is 0 Å². The van der Waals surface area contributed by atoms with E-state index in [1.54, 1.807) is 19.5 Å². The van der Waals surface area contributed by atoms with E-state index in [2.05, 4.69) is 17.2 Å². The van der Waals surface area contributed by atoms with Crippen LogP contribution >= 0.6 is 0 Å². The fourth-order valence-corrected chi connectivity index (χ4v) is 1.33. The van der Waals surface area contributed by atoms with Crippen molar-refractivity contribution in [1.29, 1.82) is 0 Å². The standard InChI is InChI=1S/C12H20N2O2/c1-3-13-9-11-5-6-14-10-12(11)16-8-4-7-15-2/h5-6,10,13H,3-4,7-9H2,1-2H3. The van der Waals surface area contributed by atoms with Gasteiger partial charge in [-0.3, -0.25) is 4.98 Å². The van der Waals surface area contributed by atoms with E-state index in [4.69, 9.17) is 9.47 Å². The van der Waals surface area contributed by atoms with Crippen LogP contribution in [0.2, 0.25) is 0 Å². The molecule has 90 valence electrons. The molecule has 0 amide bonds. The van der Waals surface area contributed by atoms with E-state index in [1.165, 1.54) is 0 Å². The van der Waals surface area contributed by atoms with Gasteiger partial charge < -0.3 is 14.8 Å². The number of ether oxygens (including phenoxy) is 2. The molecule has 1 heterocycles. The second-order valence-electron chi connectivity index (χ2n) is 3.46. The van der Waals surface area contributed by atoms with E-state index < -0.39 is 0 Å². The summed E-state index contributed by atoms with van der Waals surface area (Å²) in [6.45, 7) is 5.24. The molecule has 1 aromatic heterocycles. The Labute approximate surface area is 97.0 Å². The number of methoxy groups -OCH3 is 1. The fourth-order valence-electron chi connectivity index (χ4n) is 1.33. The first kappa shape index (κ1) is 12.9. The first-order chi connectivity index (χ1) is 7.88. The van der Waals surface area contributed by atoms with Crippen LogP contribution in [0.3, 0.4) is 0 Å². The van der Waals surface area contributed by atoms with Gasteiger partial charge in [-0.15, -0.1) is 0 Å². The van der Waals surface area contributed by atoms with E-state index in [9.17, 15) is 0 Å². The maximum Gasteiger partial charge on any atom is 0.142 e. The number of hydrogen-bond donors (Lipinski definition) is 1. The van der Waals surface area contributed by atoms with Crippen molar-refractivity contribution >= 4 is 0 Å². The molecule has 0 saturated heterocycles. The Bertz CT molecular complexity index is 292. The maximum atomic E-state index is 5.65. The second kappa shape index (κ2) is 8.07. The molecule has 16 heavy (non-hydrogen) atoms. The summed E-state index contributed by atoms with van der Waals surface area (Å²) in [4.78, 5) is 4.07. The van der Waals surface area contributed by atoms with Crippen LogP contribution in [0.4, 0.5) is 0 Å². The first-order valence-electron chi connectivity index (χ1n) is 5.63. The Hall–Kier alpha value is -1.13. The Kier molecular flexibility index (Phi) is 6.53. The lowest BCUT2D eigenvalue weighted by Gasteiger charge is -2.10. The van der Waals surface area contributed by atoms with E-state index in [0.717, 1.165) is 37.4 Å². The predicted molar refractivity (Wildman–Crippen MR) is 63.6 cm³/mol. The van der Waals surface area contributed by atoms with Crippen molar-refractivity contribution in [2.75, 3.05) is 26.9 Å². The summed E-state index contributed by atoms with van der Waals surface area (Å²) in [7, 11) is 1.70. The highest BCUT2D eigenvalue weighted by Gasteiger charge is 2.02. The van der Waals surface area contributed by atoms with Crippen LogP contribution in [0.15, 0.2) is 18.5 Å². The lowest BCUT2D eigenvalue weighted by molar-refractivity contribution is 0.171. The van der Waals surface area contributed by atoms with Gasteiger partial charge in [0.1, 0.15) is 5.75 Å². The minimum atomic E-state index is 0.665. The number of hydrogen-bond acceptors (Lipinski definition) is 4. The quantitative estimate of drug-likeness (QED) is 0.681. The third-order valence-electron chi connectivity index (χ3n) is 2.19. The number of aromatic nitrogens is 1. The molecule has 0 fully saturated rings. The van der Waals surface area contributed by atoms with Gasteiger partial charge in [0, 0.05) is 38.4 Å². The van der Waals surface area contributed by atoms with Crippen molar-refractivity contribution < 1.29 is 9.47 Å². The van der Waals surface area contributed by atoms with Crippen molar-refractivity contribution in [2.45, 2.75) is 19.9 Å². The molecule has 0 aliphatic rings. The van der Waals surface area contributed by atoms with Crippen molar-refractivity contribution in [3.63, 3.8) is 0 Å². The van der Waals surface area contributed by atoms with Crippen molar-refractivity contribution in [3.8, 4) is 5.75 Å². The summed E-state index contributed by atoms with van der Waals surface area (Å²) in [5.74, 6) is 0.861. The third kappa shape index (κ3) is 4.59. The van der Waals surface area contributed by atoms with E-state index >= 15 is 0 Å². The molecule has 0 spiro atoms. The van der Waals surface area contributed by atoms with Gasteiger partial charge in [-0.05, 0) is 12.6 Å². The van der Waals surface area contributed by atoms with E-state index in [1.807, 2.05) is 6.07 Å². The molecule has 0 aliphatic heterocycles. The summed E-state index contributed by atoms with van der Waals surface area (Å²) in [5, 5.41) is 3.27. The van der Waals surface area contributed by atoms with Crippen molar-refractivity contribution in [1.82, 2.24) is 10.3 Å². The highest BCUT2D eigenvalue weighted by molar-refractivity contribution is 5.29. The van der Waals surface area contributed by atoms with Crippen LogP contribution in [0.25, 0.3) is 0 Å². The Morgan fingerprint density at radius 3 is 3.00 bits per heavy atom. The summed E-state index contributed by atoms with van der Waals surface area (Å²) in [6, 6.07) is 1.98. The van der Waals surface area contributed by atoms with Gasteiger partial charge in [-0.2, -0.15) is 0 Å². The molecule has 0 atom stereocenters. The van der Waals surface area contributed by atoms with Gasteiger partial charge in [-0.25, -0.2) is 0 Å². The Morgan fingerprint density at radius 1 is 1.38 bits per heavy atom. The lowest BCUT2D eigenvalue weighted by Crippen LogP contribution is -2.13. The smallest absolute Gasteiger partial charge is 0.142 e. The molecule has 1 rings (SSSR count). The highest BCUT2D eigenvalue weighted by atomic mass is 16.5. The topological polar surface area (TPSA) is 43.4 Å². The SMILES string of the molecule is CCNCc1ccncc1OCCCOC. The second-order valence-corrected chi connectivity index (χ2v) is 3.46. The summed E-state index contributed by atoms with van der Waals surface area (Å²) >= 11 is 0. The van der Waals surface area contributed by atoms with Crippen LogP contribution in [0.1, 0.15) is 18.9 Å². The largest absolute Gasteiger partial charge is 0.492 e. The third-order valence-corrected chi connectivity index (χ3v) is 2.19. The molecule has 0 radical (unpaired) electrons. The normalized spacial score (nSPS) is 10.4. The zero-order valence-electron chi connectivity index (χ0n) is 10.0. The molecule has 0 bridgehead atoms. The lowest BCUT2D eigenvalue weighted by atomic mass is 10.2. The van der Waals surface area contributed by atoms with Crippen LogP contribution in [0, 0.1) is 0 Å². The van der Waals surface area contributed by atoms with Crippen LogP contribution in [0.5, 0.6) is 5.75 Å². The average molecular weight is 224 g/mol. The van der Waals surface area contributed by atoms with Crippen LogP contribution in [-0.4, -0.2) is 31.9 Å². The molecular weight excluding hydrogens is 204 g/mol. The summed E-state index contributed by atoms with van der Waals surface area (Å²) in [5.41, 5.74) is 1.15. The first-order valence-corrected chi connectivity index (χ1v) is 5.63. The summed E-state index contributed by atoms with van der Waals surface area (Å²) in [6.07, 6.45) is 4.44. The molecule has 1 aromatic rings. The predicted octanol–water partition coefficient (Wildman–Crippen LogP) is 1.61. The Balaban J connectivity index is 2.43. The average Bonchev–Trinajstić information content (AvgIpc) is 2.33. The molecular formula is C12H20N2O2. The van der Waals surface area contributed by atoms with Crippen LogP contribution < -0.4 is 10.1 Å². The van der Waals surface area contributed by atoms with E-state index in [0.29, 0.717) is 6.61 Å². The van der Waals surface area contributed by atoms with E-state index in [-0.39, 0.29) is 0 Å².